The molecule has 2 heterocycles. The van der Waals surface area contributed by atoms with Gasteiger partial charge in [-0.05, 0) is 37.1 Å². The second-order valence-corrected chi connectivity index (χ2v) is 5.27. The topological polar surface area (TPSA) is 34.1 Å². The van der Waals surface area contributed by atoms with Crippen LogP contribution in [0.2, 0.25) is 0 Å². The maximum absolute atomic E-state index is 5.69. The Kier molecular flexibility index (Phi) is 3.97. The Bertz CT molecular complexity index is 583. The maximum Gasteiger partial charge on any atom is 0.122 e. The minimum absolute atomic E-state index is 0.532. The molecule has 1 aliphatic rings. The van der Waals surface area contributed by atoms with Crippen LogP contribution < -0.4 is 10.1 Å². The van der Waals surface area contributed by atoms with Crippen molar-refractivity contribution in [1.29, 1.82) is 0 Å². The van der Waals surface area contributed by atoms with E-state index in [0.717, 1.165) is 43.3 Å². The lowest BCUT2D eigenvalue weighted by atomic mass is 9.93. The summed E-state index contributed by atoms with van der Waals surface area (Å²) < 4.78 is 5.69. The second-order valence-electron chi connectivity index (χ2n) is 5.27. The zero-order valence-corrected chi connectivity index (χ0v) is 11.8. The molecule has 1 unspecified atom stereocenters. The van der Waals surface area contributed by atoms with Crippen molar-refractivity contribution >= 4 is 0 Å². The van der Waals surface area contributed by atoms with Crippen LogP contribution in [0.15, 0.2) is 42.5 Å². The molecule has 1 aliphatic heterocycles. The van der Waals surface area contributed by atoms with Crippen LogP contribution in [-0.4, -0.2) is 18.1 Å². The van der Waals surface area contributed by atoms with Gasteiger partial charge in [-0.3, -0.25) is 4.98 Å². The van der Waals surface area contributed by atoms with Crippen LogP contribution in [0.1, 0.15) is 29.3 Å². The molecule has 1 N–H and O–H groups in total. The third-order valence-electron chi connectivity index (χ3n) is 3.73. The van der Waals surface area contributed by atoms with Crippen molar-refractivity contribution < 1.29 is 4.74 Å². The summed E-state index contributed by atoms with van der Waals surface area (Å²) in [4.78, 5) is 4.51. The number of benzene rings is 1. The van der Waals surface area contributed by atoms with Gasteiger partial charge in [0.1, 0.15) is 5.75 Å². The summed E-state index contributed by atoms with van der Waals surface area (Å²) in [6.07, 6.45) is 1.07. The van der Waals surface area contributed by atoms with Crippen molar-refractivity contribution in [3.63, 3.8) is 0 Å². The van der Waals surface area contributed by atoms with Crippen LogP contribution in [0.3, 0.4) is 0 Å². The van der Waals surface area contributed by atoms with E-state index in [1.807, 2.05) is 19.1 Å². The van der Waals surface area contributed by atoms with Gasteiger partial charge in [0.05, 0.1) is 12.3 Å². The van der Waals surface area contributed by atoms with Crippen LogP contribution in [0.4, 0.5) is 0 Å². The van der Waals surface area contributed by atoms with E-state index < -0.39 is 0 Å². The smallest absolute Gasteiger partial charge is 0.122 e. The number of pyridine rings is 1. The van der Waals surface area contributed by atoms with E-state index in [2.05, 4.69) is 40.6 Å². The van der Waals surface area contributed by atoms with Crippen LogP contribution in [0.25, 0.3) is 0 Å². The minimum atomic E-state index is 0.532. The SMILES string of the molecule is Cc1cccc(CNCC2CCOc3ccccc32)n1. The number of fused-ring (bicyclic) bond motifs is 1. The molecule has 0 spiro atoms. The van der Waals surface area contributed by atoms with Gasteiger partial charge in [0, 0.05) is 24.7 Å². The van der Waals surface area contributed by atoms with E-state index in [9.17, 15) is 0 Å². The van der Waals surface area contributed by atoms with E-state index in [4.69, 9.17) is 4.74 Å². The number of aryl methyl sites for hydroxylation is 1. The summed E-state index contributed by atoms with van der Waals surface area (Å²) in [6, 6.07) is 14.5. The first-order valence-corrected chi connectivity index (χ1v) is 7.18. The van der Waals surface area contributed by atoms with E-state index >= 15 is 0 Å². The monoisotopic (exact) mass is 268 g/mol. The van der Waals surface area contributed by atoms with E-state index in [-0.39, 0.29) is 0 Å². The van der Waals surface area contributed by atoms with Crippen LogP contribution >= 0.6 is 0 Å². The lowest BCUT2D eigenvalue weighted by Crippen LogP contribution is -2.26. The molecule has 3 rings (SSSR count). The highest BCUT2D eigenvalue weighted by atomic mass is 16.5. The summed E-state index contributed by atoms with van der Waals surface area (Å²) in [6.45, 7) is 4.63. The molecule has 3 heteroatoms. The van der Waals surface area contributed by atoms with Gasteiger partial charge in [0.25, 0.3) is 0 Å². The van der Waals surface area contributed by atoms with Crippen LogP contribution in [0.5, 0.6) is 5.75 Å². The predicted octanol–water partition coefficient (Wildman–Crippen LogP) is 3.05. The Morgan fingerprint density at radius 2 is 2.10 bits per heavy atom. The number of aromatic nitrogens is 1. The number of nitrogens with one attached hydrogen (secondary N) is 1. The van der Waals surface area contributed by atoms with Gasteiger partial charge in [-0.15, -0.1) is 0 Å². The lowest BCUT2D eigenvalue weighted by Gasteiger charge is -2.26. The van der Waals surface area contributed by atoms with E-state index in [1.165, 1.54) is 5.56 Å². The lowest BCUT2D eigenvalue weighted by molar-refractivity contribution is 0.264. The average molecular weight is 268 g/mol. The van der Waals surface area contributed by atoms with Crippen molar-refractivity contribution in [3.05, 3.63) is 59.4 Å². The Morgan fingerprint density at radius 3 is 3.00 bits per heavy atom. The fourth-order valence-electron chi connectivity index (χ4n) is 2.70. The summed E-state index contributed by atoms with van der Waals surface area (Å²) in [5.41, 5.74) is 3.49. The third kappa shape index (κ3) is 2.99. The molecule has 0 saturated carbocycles. The highest BCUT2D eigenvalue weighted by Crippen LogP contribution is 2.32. The third-order valence-corrected chi connectivity index (χ3v) is 3.73. The van der Waals surface area contributed by atoms with Gasteiger partial charge in [-0.2, -0.15) is 0 Å². The van der Waals surface area contributed by atoms with E-state index in [0.29, 0.717) is 5.92 Å². The van der Waals surface area contributed by atoms with Crippen molar-refractivity contribution in [2.75, 3.05) is 13.2 Å². The fourth-order valence-corrected chi connectivity index (χ4v) is 2.70. The fraction of sp³-hybridized carbons (Fsp3) is 0.353. The number of para-hydroxylation sites is 1. The van der Waals surface area contributed by atoms with Crippen molar-refractivity contribution in [2.24, 2.45) is 0 Å². The van der Waals surface area contributed by atoms with Gasteiger partial charge in [-0.1, -0.05) is 24.3 Å². The minimum Gasteiger partial charge on any atom is -0.493 e. The molecule has 0 radical (unpaired) electrons. The summed E-state index contributed by atoms with van der Waals surface area (Å²) in [5.74, 6) is 1.57. The molecule has 0 amide bonds. The Balaban J connectivity index is 1.60. The van der Waals surface area contributed by atoms with Gasteiger partial charge in [0.15, 0.2) is 0 Å². The zero-order valence-electron chi connectivity index (χ0n) is 11.8. The first kappa shape index (κ1) is 13.1. The second kappa shape index (κ2) is 6.06. The van der Waals surface area contributed by atoms with Crippen molar-refractivity contribution in [3.8, 4) is 5.75 Å². The maximum atomic E-state index is 5.69. The first-order chi connectivity index (χ1) is 9.83. The normalized spacial score (nSPS) is 17.4. The van der Waals surface area contributed by atoms with Crippen molar-refractivity contribution in [2.45, 2.75) is 25.8 Å². The predicted molar refractivity (Wildman–Crippen MR) is 80.0 cm³/mol. The van der Waals surface area contributed by atoms with Gasteiger partial charge in [-0.25, -0.2) is 0 Å². The zero-order chi connectivity index (χ0) is 13.8. The molecule has 2 aromatic rings. The van der Waals surface area contributed by atoms with Crippen molar-refractivity contribution in [1.82, 2.24) is 10.3 Å². The molecule has 1 aromatic heterocycles. The molecule has 0 fully saturated rings. The standard InChI is InChI=1S/C17H20N2O/c1-13-5-4-6-15(19-13)12-18-11-14-9-10-20-17-8-3-2-7-16(14)17/h2-8,14,18H,9-12H2,1H3. The number of rotatable bonds is 4. The number of ether oxygens (including phenoxy) is 1. The largest absolute Gasteiger partial charge is 0.493 e. The Morgan fingerprint density at radius 1 is 1.20 bits per heavy atom. The molecular weight excluding hydrogens is 248 g/mol. The Hall–Kier alpha value is -1.87. The molecule has 20 heavy (non-hydrogen) atoms. The molecule has 0 aliphatic carbocycles. The van der Waals surface area contributed by atoms with Crippen LogP contribution in [-0.2, 0) is 6.54 Å². The molecule has 1 aromatic carbocycles. The number of hydrogen-bond acceptors (Lipinski definition) is 3. The molecule has 104 valence electrons. The molecule has 3 nitrogen and oxygen atoms in total. The molecule has 0 saturated heterocycles. The Labute approximate surface area is 120 Å². The van der Waals surface area contributed by atoms with Gasteiger partial charge in [0.2, 0.25) is 0 Å². The van der Waals surface area contributed by atoms with Gasteiger partial charge >= 0.3 is 0 Å². The summed E-state index contributed by atoms with van der Waals surface area (Å²) in [7, 11) is 0. The summed E-state index contributed by atoms with van der Waals surface area (Å²) >= 11 is 0. The molecular formula is C17H20N2O. The highest BCUT2D eigenvalue weighted by Gasteiger charge is 2.20. The quantitative estimate of drug-likeness (QED) is 0.925. The average Bonchev–Trinajstić information content (AvgIpc) is 2.48. The highest BCUT2D eigenvalue weighted by molar-refractivity contribution is 5.37. The van der Waals surface area contributed by atoms with Crippen LogP contribution in [0, 0.1) is 6.92 Å². The summed E-state index contributed by atoms with van der Waals surface area (Å²) in [5, 5.41) is 3.52. The number of hydrogen-bond donors (Lipinski definition) is 1. The first-order valence-electron chi connectivity index (χ1n) is 7.18. The molecule has 1 atom stereocenters. The van der Waals surface area contributed by atoms with E-state index in [1.54, 1.807) is 0 Å². The number of nitrogens with zero attached hydrogens (tertiary/aromatic N) is 1. The molecule has 0 bridgehead atoms. The van der Waals surface area contributed by atoms with Gasteiger partial charge < -0.3 is 10.1 Å².